The number of esters is 3. The van der Waals surface area contributed by atoms with Gasteiger partial charge in [0.15, 0.2) is 0 Å². The molecule has 4 aliphatic rings. The van der Waals surface area contributed by atoms with E-state index in [1.165, 1.54) is 40.0 Å². The van der Waals surface area contributed by atoms with E-state index in [1.807, 2.05) is 0 Å². The highest BCUT2D eigenvalue weighted by Crippen LogP contribution is 2.68. The highest BCUT2D eigenvalue weighted by molar-refractivity contribution is 5.67. The van der Waals surface area contributed by atoms with Crippen molar-refractivity contribution in [1.29, 1.82) is 0 Å². The lowest BCUT2D eigenvalue weighted by Crippen LogP contribution is -2.55. The Morgan fingerprint density at radius 2 is 1.52 bits per heavy atom. The number of carbonyl (C=O) groups excluding carboxylic acids is 3. The monoisotopic (exact) mass is 462 g/mol. The molecule has 0 bridgehead atoms. The molecule has 4 saturated carbocycles. The number of rotatable bonds is 5. The third kappa shape index (κ3) is 4.55. The molecule has 0 amide bonds. The molecule has 0 saturated heterocycles. The van der Waals surface area contributed by atoms with E-state index in [0.29, 0.717) is 29.1 Å². The van der Waals surface area contributed by atoms with E-state index in [-0.39, 0.29) is 48.1 Å². The lowest BCUT2D eigenvalue weighted by molar-refractivity contribution is -0.171. The van der Waals surface area contributed by atoms with Gasteiger partial charge in [-0.25, -0.2) is 0 Å². The summed E-state index contributed by atoms with van der Waals surface area (Å²) in [6, 6.07) is 0. The molecule has 0 aliphatic heterocycles. The van der Waals surface area contributed by atoms with Crippen LogP contribution in [-0.4, -0.2) is 36.7 Å². The molecule has 0 heterocycles. The molecule has 6 nitrogen and oxygen atoms in total. The van der Waals surface area contributed by atoms with Crippen LogP contribution in [-0.2, 0) is 28.6 Å². The number of hydrogen-bond donors (Lipinski definition) is 0. The van der Waals surface area contributed by atoms with E-state index in [4.69, 9.17) is 14.2 Å². The standard InChI is InChI=1S/C27H42O6/c1-16(28)31-15-25(33-18(3)30)24-9-8-22-21-7-6-19-14-20(32-17(2)29)10-12-26(19,4)23(21)11-13-27(22,24)5/h19-25H,6-15H2,1-5H3/t19-,20+,21-,22-,23-,24+,25+,26-,27-/m0/s1. The first-order valence-electron chi connectivity index (χ1n) is 13.0. The van der Waals surface area contributed by atoms with E-state index in [1.54, 1.807) is 0 Å². The quantitative estimate of drug-likeness (QED) is 0.419. The summed E-state index contributed by atoms with van der Waals surface area (Å²) >= 11 is 0. The van der Waals surface area contributed by atoms with Gasteiger partial charge in [0.1, 0.15) is 18.8 Å². The molecule has 4 fully saturated rings. The van der Waals surface area contributed by atoms with E-state index in [2.05, 4.69) is 13.8 Å². The maximum absolute atomic E-state index is 11.8. The molecular formula is C27H42O6. The minimum absolute atomic E-state index is 0.0904. The maximum atomic E-state index is 11.8. The molecule has 0 radical (unpaired) electrons. The smallest absolute Gasteiger partial charge is 0.303 e. The molecule has 6 heteroatoms. The predicted octanol–water partition coefficient (Wildman–Crippen LogP) is 5.07. The van der Waals surface area contributed by atoms with Gasteiger partial charge in [0.05, 0.1) is 0 Å². The van der Waals surface area contributed by atoms with Gasteiger partial charge < -0.3 is 14.2 Å². The zero-order chi connectivity index (χ0) is 24.0. The fourth-order valence-electron chi connectivity index (χ4n) is 8.86. The first-order chi connectivity index (χ1) is 15.5. The van der Waals surface area contributed by atoms with E-state index < -0.39 is 0 Å². The zero-order valence-electron chi connectivity index (χ0n) is 21.1. The van der Waals surface area contributed by atoms with Crippen molar-refractivity contribution in [1.82, 2.24) is 0 Å². The fourth-order valence-corrected chi connectivity index (χ4v) is 8.86. The number of ether oxygens (including phenoxy) is 3. The minimum atomic E-state index is -0.357. The summed E-state index contributed by atoms with van der Waals surface area (Å²) < 4.78 is 16.6. The molecule has 0 spiro atoms. The average molecular weight is 463 g/mol. The average Bonchev–Trinajstić information content (AvgIpc) is 3.08. The molecule has 4 aliphatic carbocycles. The first kappa shape index (κ1) is 24.5. The summed E-state index contributed by atoms with van der Waals surface area (Å²) in [5.41, 5.74) is 0.436. The van der Waals surface area contributed by atoms with Crippen molar-refractivity contribution < 1.29 is 28.6 Å². The van der Waals surface area contributed by atoms with Gasteiger partial charge in [0, 0.05) is 26.7 Å². The van der Waals surface area contributed by atoms with Crippen LogP contribution in [0.1, 0.15) is 92.4 Å². The Labute approximate surface area is 198 Å². The molecule has 4 rings (SSSR count). The van der Waals surface area contributed by atoms with Crippen molar-refractivity contribution in [3.05, 3.63) is 0 Å². The van der Waals surface area contributed by atoms with Gasteiger partial charge in [-0.15, -0.1) is 0 Å². The van der Waals surface area contributed by atoms with Crippen molar-refractivity contribution in [3.8, 4) is 0 Å². The highest BCUT2D eigenvalue weighted by atomic mass is 16.6. The second kappa shape index (κ2) is 9.22. The lowest BCUT2D eigenvalue weighted by atomic mass is 9.44. The van der Waals surface area contributed by atoms with E-state index >= 15 is 0 Å². The largest absolute Gasteiger partial charge is 0.463 e. The molecule has 33 heavy (non-hydrogen) atoms. The van der Waals surface area contributed by atoms with Crippen LogP contribution in [0.4, 0.5) is 0 Å². The highest BCUT2D eigenvalue weighted by Gasteiger charge is 2.61. The second-order valence-corrected chi connectivity index (χ2v) is 11.8. The van der Waals surface area contributed by atoms with Gasteiger partial charge in [-0.3, -0.25) is 14.4 Å². The Balaban J connectivity index is 1.50. The summed E-state index contributed by atoms with van der Waals surface area (Å²) in [7, 11) is 0. The molecule has 0 aromatic carbocycles. The Kier molecular flexibility index (Phi) is 6.85. The molecule has 186 valence electrons. The minimum Gasteiger partial charge on any atom is -0.463 e. The van der Waals surface area contributed by atoms with Crippen LogP contribution in [0.3, 0.4) is 0 Å². The van der Waals surface area contributed by atoms with Crippen LogP contribution < -0.4 is 0 Å². The summed E-state index contributed by atoms with van der Waals surface area (Å²) in [4.78, 5) is 34.8. The molecule has 0 unspecified atom stereocenters. The van der Waals surface area contributed by atoms with E-state index in [9.17, 15) is 14.4 Å². The van der Waals surface area contributed by atoms with Crippen molar-refractivity contribution in [2.24, 2.45) is 40.4 Å². The maximum Gasteiger partial charge on any atom is 0.303 e. The zero-order valence-corrected chi connectivity index (χ0v) is 21.1. The van der Waals surface area contributed by atoms with Gasteiger partial charge in [-0.1, -0.05) is 13.8 Å². The molecule has 0 aromatic heterocycles. The van der Waals surface area contributed by atoms with Crippen LogP contribution in [0, 0.1) is 40.4 Å². The number of carbonyl (C=O) groups is 3. The molecule has 0 N–H and O–H groups in total. The summed E-state index contributed by atoms with van der Waals surface area (Å²) in [5.74, 6) is 2.13. The van der Waals surface area contributed by atoms with Crippen molar-refractivity contribution >= 4 is 17.9 Å². The van der Waals surface area contributed by atoms with Crippen molar-refractivity contribution in [2.45, 2.75) is 105 Å². The van der Waals surface area contributed by atoms with E-state index in [0.717, 1.165) is 38.5 Å². The van der Waals surface area contributed by atoms with Gasteiger partial charge in [0.25, 0.3) is 0 Å². The third-order valence-electron chi connectivity index (χ3n) is 10.2. The Morgan fingerprint density at radius 1 is 0.818 bits per heavy atom. The Bertz CT molecular complexity index is 779. The summed E-state index contributed by atoms with van der Waals surface area (Å²) in [6.07, 6.45) is 9.87. The normalized spacial score (nSPS) is 42.8. The first-order valence-corrected chi connectivity index (χ1v) is 13.0. The van der Waals surface area contributed by atoms with Crippen molar-refractivity contribution in [3.63, 3.8) is 0 Å². The van der Waals surface area contributed by atoms with Gasteiger partial charge >= 0.3 is 17.9 Å². The summed E-state index contributed by atoms with van der Waals surface area (Å²) in [5, 5.41) is 0. The Morgan fingerprint density at radius 3 is 2.18 bits per heavy atom. The topological polar surface area (TPSA) is 78.9 Å². The van der Waals surface area contributed by atoms with Gasteiger partial charge in [0.2, 0.25) is 0 Å². The molecule has 9 atom stereocenters. The predicted molar refractivity (Wildman–Crippen MR) is 123 cm³/mol. The summed E-state index contributed by atoms with van der Waals surface area (Å²) in [6.45, 7) is 9.45. The number of hydrogen-bond acceptors (Lipinski definition) is 6. The SMILES string of the molecule is CC(=O)OC[C@@H](OC(C)=O)[C@H]1CC[C@H]2[C@@H]3CC[C@H]4C[C@H](OC(C)=O)CC[C@]4(C)[C@H]3CC[C@]12C. The van der Waals surface area contributed by atoms with Gasteiger partial charge in [-0.05, 0) is 92.3 Å². The van der Waals surface area contributed by atoms with Gasteiger partial charge in [-0.2, -0.15) is 0 Å². The molecule has 0 aromatic rings. The third-order valence-corrected chi connectivity index (χ3v) is 10.2. The molecular weight excluding hydrogens is 420 g/mol. The van der Waals surface area contributed by atoms with Crippen molar-refractivity contribution in [2.75, 3.05) is 6.61 Å². The number of fused-ring (bicyclic) bond motifs is 5. The van der Waals surface area contributed by atoms with Crippen LogP contribution in [0.2, 0.25) is 0 Å². The second-order valence-electron chi connectivity index (χ2n) is 11.8. The van der Waals surface area contributed by atoms with Crippen LogP contribution >= 0.6 is 0 Å². The lowest BCUT2D eigenvalue weighted by Gasteiger charge is -2.61. The fraction of sp³-hybridized carbons (Fsp3) is 0.889. The van der Waals surface area contributed by atoms with Crippen LogP contribution in [0.15, 0.2) is 0 Å². The van der Waals surface area contributed by atoms with Crippen LogP contribution in [0.5, 0.6) is 0 Å². The van der Waals surface area contributed by atoms with Crippen LogP contribution in [0.25, 0.3) is 0 Å². The Hall–Kier alpha value is -1.59.